The molecular formula is C16H26O3. The lowest BCUT2D eigenvalue weighted by Gasteiger charge is -2.22. The van der Waals surface area contributed by atoms with Gasteiger partial charge in [0.2, 0.25) is 0 Å². The molecule has 0 amide bonds. The van der Waals surface area contributed by atoms with Gasteiger partial charge in [-0.2, -0.15) is 0 Å². The lowest BCUT2D eigenvalue weighted by atomic mass is 9.98. The summed E-state index contributed by atoms with van der Waals surface area (Å²) in [5, 5.41) is 9.08. The molecule has 3 nitrogen and oxygen atoms in total. The molecule has 2 aliphatic carbocycles. The predicted molar refractivity (Wildman–Crippen MR) is 74.6 cm³/mol. The van der Waals surface area contributed by atoms with E-state index in [-0.39, 0.29) is 35.9 Å². The van der Waals surface area contributed by atoms with E-state index in [0.717, 1.165) is 18.4 Å². The lowest BCUT2D eigenvalue weighted by Crippen LogP contribution is -2.23. The molecule has 0 aliphatic heterocycles. The summed E-state index contributed by atoms with van der Waals surface area (Å²) in [6.45, 7) is 6.17. The molecule has 3 heteroatoms. The Kier molecular flexibility index (Phi) is 4.34. The first-order valence-electron chi connectivity index (χ1n) is 7.45. The van der Waals surface area contributed by atoms with Crippen LogP contribution in [0.5, 0.6) is 0 Å². The van der Waals surface area contributed by atoms with Gasteiger partial charge < -0.3 is 9.84 Å². The van der Waals surface area contributed by atoms with E-state index in [1.165, 1.54) is 19.3 Å². The highest BCUT2D eigenvalue weighted by Gasteiger charge is 2.61. The van der Waals surface area contributed by atoms with Gasteiger partial charge >= 0.3 is 5.97 Å². The van der Waals surface area contributed by atoms with Crippen molar-refractivity contribution in [3.05, 3.63) is 11.6 Å². The third-order valence-electron chi connectivity index (χ3n) is 4.71. The second kappa shape index (κ2) is 5.66. The van der Waals surface area contributed by atoms with Gasteiger partial charge in [-0.3, -0.25) is 4.79 Å². The second-order valence-electron chi connectivity index (χ2n) is 6.69. The first-order chi connectivity index (χ1) is 8.96. The summed E-state index contributed by atoms with van der Waals surface area (Å²) in [7, 11) is 0. The Morgan fingerprint density at radius 2 is 1.95 bits per heavy atom. The van der Waals surface area contributed by atoms with E-state index < -0.39 is 0 Å². The fourth-order valence-corrected chi connectivity index (χ4v) is 3.22. The van der Waals surface area contributed by atoms with Crippen LogP contribution in [0.15, 0.2) is 11.6 Å². The molecule has 0 aromatic rings. The lowest BCUT2D eigenvalue weighted by molar-refractivity contribution is -0.153. The molecule has 0 aromatic carbocycles. The van der Waals surface area contributed by atoms with E-state index in [4.69, 9.17) is 9.84 Å². The Hall–Kier alpha value is -0.830. The first-order valence-corrected chi connectivity index (χ1v) is 7.45. The van der Waals surface area contributed by atoms with Crippen LogP contribution in [-0.2, 0) is 9.53 Å². The van der Waals surface area contributed by atoms with E-state index in [1.54, 1.807) is 0 Å². The van der Waals surface area contributed by atoms with Crippen molar-refractivity contribution >= 4 is 5.97 Å². The highest BCUT2D eigenvalue weighted by molar-refractivity contribution is 5.78. The van der Waals surface area contributed by atoms with E-state index in [1.807, 2.05) is 13.0 Å². The van der Waals surface area contributed by atoms with Crippen LogP contribution in [0.3, 0.4) is 0 Å². The number of carbonyl (C=O) groups excluding carboxylic acids is 1. The minimum Gasteiger partial charge on any atom is -0.462 e. The van der Waals surface area contributed by atoms with Crippen LogP contribution in [0.1, 0.15) is 52.9 Å². The Balaban J connectivity index is 1.92. The molecule has 0 aromatic heterocycles. The van der Waals surface area contributed by atoms with Crippen LogP contribution >= 0.6 is 0 Å². The fourth-order valence-electron chi connectivity index (χ4n) is 3.22. The molecule has 0 bridgehead atoms. The van der Waals surface area contributed by atoms with E-state index in [0.29, 0.717) is 0 Å². The van der Waals surface area contributed by atoms with Gasteiger partial charge in [0, 0.05) is 0 Å². The number of hydrogen-bond acceptors (Lipinski definition) is 3. The second-order valence-corrected chi connectivity index (χ2v) is 6.69. The summed E-state index contributed by atoms with van der Waals surface area (Å²) in [6.07, 6.45) is 7.85. The molecule has 0 heterocycles. The number of hydrogen-bond donors (Lipinski definition) is 1. The number of carbonyl (C=O) groups is 1. The Morgan fingerprint density at radius 3 is 2.53 bits per heavy atom. The average Bonchev–Trinajstić information content (AvgIpc) is 2.91. The van der Waals surface area contributed by atoms with Crippen molar-refractivity contribution in [3.8, 4) is 0 Å². The van der Waals surface area contributed by atoms with Crippen molar-refractivity contribution in [2.24, 2.45) is 17.3 Å². The minimum atomic E-state index is -0.0381. The predicted octanol–water partition coefficient (Wildman–Crippen LogP) is 3.07. The van der Waals surface area contributed by atoms with Gasteiger partial charge in [0.15, 0.2) is 0 Å². The molecule has 2 rings (SSSR count). The Bertz CT molecular complexity index is 364. The smallest absolute Gasteiger partial charge is 0.310 e. The van der Waals surface area contributed by atoms with E-state index >= 15 is 0 Å². The molecule has 1 N–H and O–H groups in total. The third kappa shape index (κ3) is 3.19. The molecule has 0 radical (unpaired) electrons. The Labute approximate surface area is 116 Å². The van der Waals surface area contributed by atoms with Crippen LogP contribution < -0.4 is 0 Å². The number of aliphatic hydroxyl groups excluding tert-OH is 1. The van der Waals surface area contributed by atoms with Gasteiger partial charge in [0.1, 0.15) is 6.10 Å². The number of esters is 1. The quantitative estimate of drug-likeness (QED) is 0.628. The molecule has 19 heavy (non-hydrogen) atoms. The normalized spacial score (nSPS) is 31.1. The molecule has 0 saturated heterocycles. The number of ether oxygens (including phenoxy) is 1. The molecular weight excluding hydrogens is 240 g/mol. The van der Waals surface area contributed by atoms with Crippen molar-refractivity contribution in [2.75, 3.05) is 6.61 Å². The van der Waals surface area contributed by atoms with Gasteiger partial charge in [-0.1, -0.05) is 31.9 Å². The molecule has 2 fully saturated rings. The van der Waals surface area contributed by atoms with E-state index in [2.05, 4.69) is 13.8 Å². The average molecular weight is 266 g/mol. The van der Waals surface area contributed by atoms with Crippen molar-refractivity contribution in [1.29, 1.82) is 0 Å². The molecule has 108 valence electrons. The third-order valence-corrected chi connectivity index (χ3v) is 4.71. The summed E-state index contributed by atoms with van der Waals surface area (Å²) in [6, 6.07) is 0. The topological polar surface area (TPSA) is 46.5 Å². The molecule has 2 atom stereocenters. The van der Waals surface area contributed by atoms with Crippen molar-refractivity contribution in [2.45, 2.75) is 59.0 Å². The standard InChI is InChI=1S/C16H26O3/c1-11(10-17)9-13-14(16(13,2)3)15(18)19-12-7-5-4-6-8-12/h9,12-14,17H,4-8,10H2,1-3H3/b11-9+. The van der Waals surface area contributed by atoms with Crippen LogP contribution in [-0.4, -0.2) is 23.8 Å². The summed E-state index contributed by atoms with van der Waals surface area (Å²) in [4.78, 5) is 12.3. The minimum absolute atomic E-state index is 0.0256. The van der Waals surface area contributed by atoms with Crippen LogP contribution in [0, 0.1) is 17.3 Å². The van der Waals surface area contributed by atoms with Crippen molar-refractivity contribution in [1.82, 2.24) is 0 Å². The molecule has 2 saturated carbocycles. The van der Waals surface area contributed by atoms with Crippen LogP contribution in [0.2, 0.25) is 0 Å². The zero-order valence-electron chi connectivity index (χ0n) is 12.3. The van der Waals surface area contributed by atoms with Crippen molar-refractivity contribution in [3.63, 3.8) is 0 Å². The van der Waals surface area contributed by atoms with Crippen molar-refractivity contribution < 1.29 is 14.6 Å². The zero-order chi connectivity index (χ0) is 14.0. The largest absolute Gasteiger partial charge is 0.462 e. The van der Waals surface area contributed by atoms with Gasteiger partial charge in [-0.25, -0.2) is 0 Å². The molecule has 2 aliphatic rings. The van der Waals surface area contributed by atoms with Crippen LogP contribution in [0.25, 0.3) is 0 Å². The highest BCUT2D eigenvalue weighted by Crippen LogP contribution is 2.60. The fraction of sp³-hybridized carbons (Fsp3) is 0.812. The summed E-state index contributed by atoms with van der Waals surface area (Å²) >= 11 is 0. The highest BCUT2D eigenvalue weighted by atomic mass is 16.5. The monoisotopic (exact) mass is 266 g/mol. The van der Waals surface area contributed by atoms with Crippen LogP contribution in [0.4, 0.5) is 0 Å². The first kappa shape index (κ1) is 14.6. The van der Waals surface area contributed by atoms with Gasteiger partial charge in [0.25, 0.3) is 0 Å². The molecule has 0 spiro atoms. The van der Waals surface area contributed by atoms with Gasteiger partial charge in [-0.15, -0.1) is 0 Å². The Morgan fingerprint density at radius 1 is 1.32 bits per heavy atom. The SMILES string of the molecule is C/C(=C\C1C(C(=O)OC2CCCCC2)C1(C)C)CO. The van der Waals surface area contributed by atoms with Gasteiger partial charge in [-0.05, 0) is 43.9 Å². The van der Waals surface area contributed by atoms with E-state index in [9.17, 15) is 4.79 Å². The summed E-state index contributed by atoms with van der Waals surface area (Å²) in [5.41, 5.74) is 0.911. The number of aliphatic hydroxyl groups is 1. The summed E-state index contributed by atoms with van der Waals surface area (Å²) in [5.74, 6) is 0.149. The maximum absolute atomic E-state index is 12.3. The number of rotatable bonds is 4. The summed E-state index contributed by atoms with van der Waals surface area (Å²) < 4.78 is 5.67. The van der Waals surface area contributed by atoms with Gasteiger partial charge in [0.05, 0.1) is 12.5 Å². The zero-order valence-corrected chi connectivity index (χ0v) is 12.3. The molecule has 2 unspecified atom stereocenters. The maximum atomic E-state index is 12.3. The number of allylic oxidation sites excluding steroid dienone is 1. The maximum Gasteiger partial charge on any atom is 0.310 e.